The Labute approximate surface area is 133 Å². The number of alkyl halides is 3. The van der Waals surface area contributed by atoms with Crippen LogP contribution in [0.3, 0.4) is 0 Å². The van der Waals surface area contributed by atoms with Crippen molar-refractivity contribution in [3.63, 3.8) is 0 Å². The van der Waals surface area contributed by atoms with Gasteiger partial charge in [0.15, 0.2) is 0 Å². The zero-order valence-corrected chi connectivity index (χ0v) is 12.8. The molecule has 0 aliphatic carbocycles. The quantitative estimate of drug-likeness (QED) is 0.748. The minimum atomic E-state index is -4.60. The third-order valence-electron chi connectivity index (χ3n) is 2.51. The summed E-state index contributed by atoms with van der Waals surface area (Å²) in [4.78, 5) is 0. The monoisotopic (exact) mass is 358 g/mol. The number of rotatable bonds is 3. The molecule has 21 heavy (non-hydrogen) atoms. The van der Waals surface area contributed by atoms with Gasteiger partial charge in [0.2, 0.25) is 5.88 Å². The summed E-state index contributed by atoms with van der Waals surface area (Å²) in [5.41, 5.74) is -0.937. The van der Waals surface area contributed by atoms with Gasteiger partial charge in [0.05, 0.1) is 22.8 Å². The highest BCUT2D eigenvalue weighted by Crippen LogP contribution is 2.40. The fourth-order valence-electron chi connectivity index (χ4n) is 1.70. The number of halogens is 6. The summed E-state index contributed by atoms with van der Waals surface area (Å²) in [6, 6.07) is 2.71. The van der Waals surface area contributed by atoms with Gasteiger partial charge in [-0.15, -0.1) is 0 Å². The molecule has 0 fully saturated rings. The second-order valence-electron chi connectivity index (χ2n) is 3.92. The summed E-state index contributed by atoms with van der Waals surface area (Å²) >= 11 is 17.8. The second kappa shape index (κ2) is 5.94. The Morgan fingerprint density at radius 3 is 2.24 bits per heavy atom. The van der Waals surface area contributed by atoms with Crippen molar-refractivity contribution < 1.29 is 17.9 Å². The molecule has 0 bridgehead atoms. The van der Waals surface area contributed by atoms with Gasteiger partial charge in [-0.1, -0.05) is 34.8 Å². The molecular formula is C12H8Cl3F3N2O. The van der Waals surface area contributed by atoms with Gasteiger partial charge in [0.1, 0.15) is 11.3 Å². The summed E-state index contributed by atoms with van der Waals surface area (Å²) in [5.74, 6) is -0.476. The van der Waals surface area contributed by atoms with Crippen molar-refractivity contribution in [2.75, 3.05) is 6.61 Å². The fourth-order valence-corrected chi connectivity index (χ4v) is 2.68. The summed E-state index contributed by atoms with van der Waals surface area (Å²) in [7, 11) is 0. The highest BCUT2D eigenvalue weighted by molar-refractivity contribution is 6.40. The van der Waals surface area contributed by atoms with E-state index in [9.17, 15) is 13.2 Å². The summed E-state index contributed by atoms with van der Waals surface area (Å²) in [5, 5.41) is 4.06. The molecule has 0 amide bonds. The van der Waals surface area contributed by atoms with E-state index in [-0.39, 0.29) is 27.4 Å². The van der Waals surface area contributed by atoms with E-state index in [4.69, 9.17) is 39.5 Å². The standard InChI is InChI=1S/C12H8Cl3F3N2O/c1-2-21-11-7(12(16,17)18)5-19-20(11)10-8(14)3-6(13)4-9(10)15/h3-5H,2H2,1H3. The van der Waals surface area contributed by atoms with Crippen LogP contribution in [0.1, 0.15) is 12.5 Å². The normalized spacial score (nSPS) is 11.8. The average molecular weight is 360 g/mol. The van der Waals surface area contributed by atoms with Gasteiger partial charge in [-0.05, 0) is 19.1 Å². The Balaban J connectivity index is 2.68. The minimum absolute atomic E-state index is 0.0254. The first kappa shape index (κ1) is 16.3. The van der Waals surface area contributed by atoms with Crippen LogP contribution in [0.25, 0.3) is 5.69 Å². The van der Waals surface area contributed by atoms with Gasteiger partial charge in [-0.2, -0.15) is 23.0 Å². The molecule has 1 aromatic heterocycles. The predicted molar refractivity (Wildman–Crippen MR) is 74.8 cm³/mol. The summed E-state index contributed by atoms with van der Waals surface area (Å²) < 4.78 is 44.8. The number of hydrogen-bond donors (Lipinski definition) is 0. The maximum absolute atomic E-state index is 12.9. The molecule has 1 aromatic carbocycles. The van der Waals surface area contributed by atoms with Gasteiger partial charge in [0.25, 0.3) is 0 Å². The molecule has 2 rings (SSSR count). The fraction of sp³-hybridized carbons (Fsp3) is 0.250. The van der Waals surface area contributed by atoms with Crippen LogP contribution >= 0.6 is 34.8 Å². The molecule has 0 atom stereocenters. The molecule has 0 saturated carbocycles. The molecule has 2 aromatic rings. The van der Waals surface area contributed by atoms with Crippen molar-refractivity contribution in [3.05, 3.63) is 39.0 Å². The van der Waals surface area contributed by atoms with Crippen LogP contribution in [0, 0.1) is 0 Å². The van der Waals surface area contributed by atoms with Crippen molar-refractivity contribution in [1.82, 2.24) is 9.78 Å². The van der Waals surface area contributed by atoms with Crippen LogP contribution in [-0.2, 0) is 6.18 Å². The van der Waals surface area contributed by atoms with Gasteiger partial charge in [-0.3, -0.25) is 0 Å². The van der Waals surface area contributed by atoms with Crippen LogP contribution < -0.4 is 4.74 Å². The van der Waals surface area contributed by atoms with Crippen molar-refractivity contribution in [1.29, 1.82) is 0 Å². The number of ether oxygens (including phenoxy) is 1. The second-order valence-corrected chi connectivity index (χ2v) is 5.17. The van der Waals surface area contributed by atoms with Gasteiger partial charge in [0, 0.05) is 5.02 Å². The highest BCUT2D eigenvalue weighted by atomic mass is 35.5. The zero-order valence-electron chi connectivity index (χ0n) is 10.5. The zero-order chi connectivity index (χ0) is 15.8. The van der Waals surface area contributed by atoms with E-state index in [1.54, 1.807) is 6.92 Å². The Morgan fingerprint density at radius 2 is 1.76 bits per heavy atom. The lowest BCUT2D eigenvalue weighted by molar-refractivity contribution is -0.139. The van der Waals surface area contributed by atoms with Crippen LogP contribution in [0.4, 0.5) is 13.2 Å². The first-order valence-corrected chi connectivity index (χ1v) is 6.82. The average Bonchev–Trinajstić information content (AvgIpc) is 2.72. The Morgan fingerprint density at radius 1 is 1.19 bits per heavy atom. The molecule has 0 aliphatic rings. The van der Waals surface area contributed by atoms with E-state index in [1.807, 2.05) is 0 Å². The predicted octanol–water partition coefficient (Wildman–Crippen LogP) is 5.25. The number of benzene rings is 1. The van der Waals surface area contributed by atoms with Crippen LogP contribution in [-0.4, -0.2) is 16.4 Å². The lowest BCUT2D eigenvalue weighted by Crippen LogP contribution is -2.10. The van der Waals surface area contributed by atoms with Crippen LogP contribution in [0.15, 0.2) is 18.3 Å². The van der Waals surface area contributed by atoms with Crippen LogP contribution in [0.2, 0.25) is 15.1 Å². The van der Waals surface area contributed by atoms with Gasteiger partial charge < -0.3 is 4.74 Å². The molecule has 0 aliphatic heterocycles. The van der Waals surface area contributed by atoms with E-state index in [1.165, 1.54) is 12.1 Å². The molecule has 0 spiro atoms. The molecule has 1 heterocycles. The largest absolute Gasteiger partial charge is 0.477 e. The van der Waals surface area contributed by atoms with E-state index in [0.29, 0.717) is 6.20 Å². The first-order chi connectivity index (χ1) is 9.75. The van der Waals surface area contributed by atoms with Crippen molar-refractivity contribution >= 4 is 34.8 Å². The first-order valence-electron chi connectivity index (χ1n) is 5.68. The Kier molecular flexibility index (Phi) is 4.60. The third kappa shape index (κ3) is 3.22. The topological polar surface area (TPSA) is 27.1 Å². The number of hydrogen-bond acceptors (Lipinski definition) is 2. The molecular weight excluding hydrogens is 351 g/mol. The molecule has 114 valence electrons. The lowest BCUT2D eigenvalue weighted by atomic mass is 10.3. The number of nitrogens with zero attached hydrogens (tertiary/aromatic N) is 2. The molecule has 0 N–H and O–H groups in total. The van der Waals surface area contributed by atoms with E-state index in [2.05, 4.69) is 5.10 Å². The highest BCUT2D eigenvalue weighted by Gasteiger charge is 2.38. The molecule has 0 unspecified atom stereocenters. The maximum atomic E-state index is 12.9. The molecule has 0 saturated heterocycles. The maximum Gasteiger partial charge on any atom is 0.423 e. The van der Waals surface area contributed by atoms with Crippen molar-refractivity contribution in [2.24, 2.45) is 0 Å². The SMILES string of the molecule is CCOc1c(C(F)(F)F)cnn1-c1c(Cl)cc(Cl)cc1Cl. The molecule has 9 heteroatoms. The Bertz CT molecular complexity index is 647. The van der Waals surface area contributed by atoms with E-state index in [0.717, 1.165) is 4.68 Å². The molecule has 3 nitrogen and oxygen atoms in total. The number of aromatic nitrogens is 2. The van der Waals surface area contributed by atoms with E-state index >= 15 is 0 Å². The molecule has 0 radical (unpaired) electrons. The Hall–Kier alpha value is -1.11. The lowest BCUT2D eigenvalue weighted by Gasteiger charge is -2.13. The van der Waals surface area contributed by atoms with E-state index < -0.39 is 17.6 Å². The van der Waals surface area contributed by atoms with Crippen molar-refractivity contribution in [3.8, 4) is 11.6 Å². The third-order valence-corrected chi connectivity index (χ3v) is 3.30. The minimum Gasteiger partial charge on any atom is -0.477 e. The summed E-state index contributed by atoms with van der Waals surface area (Å²) in [6.07, 6.45) is -3.94. The van der Waals surface area contributed by atoms with Gasteiger partial charge in [-0.25, -0.2) is 0 Å². The smallest absolute Gasteiger partial charge is 0.423 e. The van der Waals surface area contributed by atoms with Crippen molar-refractivity contribution in [2.45, 2.75) is 13.1 Å². The van der Waals surface area contributed by atoms with Crippen LogP contribution in [0.5, 0.6) is 5.88 Å². The summed E-state index contributed by atoms with van der Waals surface area (Å²) in [6.45, 7) is 1.58. The van der Waals surface area contributed by atoms with Gasteiger partial charge >= 0.3 is 6.18 Å².